The maximum atomic E-state index is 13.2. The summed E-state index contributed by atoms with van der Waals surface area (Å²) >= 11 is 0. The zero-order valence-corrected chi connectivity index (χ0v) is 17.5. The summed E-state index contributed by atoms with van der Waals surface area (Å²) in [6.07, 6.45) is 1.80. The summed E-state index contributed by atoms with van der Waals surface area (Å²) in [7, 11) is 1.55. The number of aryl methyl sites for hydroxylation is 2. The number of fused-ring (bicyclic) bond motifs is 3. The summed E-state index contributed by atoms with van der Waals surface area (Å²) in [6.45, 7) is 7.32. The fourth-order valence-corrected chi connectivity index (χ4v) is 3.68. The Morgan fingerprint density at radius 1 is 1.20 bits per heavy atom. The Morgan fingerprint density at radius 3 is 2.47 bits per heavy atom. The molecule has 3 heterocycles. The number of hydrogen-bond acceptors (Lipinski definition) is 5. The highest BCUT2D eigenvalue weighted by molar-refractivity contribution is 5.81. The van der Waals surface area contributed by atoms with E-state index in [9.17, 15) is 14.4 Å². The molecule has 30 heavy (non-hydrogen) atoms. The third-order valence-corrected chi connectivity index (χ3v) is 5.36. The van der Waals surface area contributed by atoms with Gasteiger partial charge in [0.1, 0.15) is 5.75 Å². The number of hydrogen-bond donors (Lipinski definition) is 0. The largest absolute Gasteiger partial charge is 0.494 e. The fraction of sp³-hybridized carbons (Fsp3) is 0.333. The van der Waals surface area contributed by atoms with E-state index in [1.807, 2.05) is 42.7 Å². The molecule has 0 aliphatic rings. The van der Waals surface area contributed by atoms with Crippen molar-refractivity contribution < 1.29 is 9.53 Å². The van der Waals surface area contributed by atoms with E-state index in [1.165, 1.54) is 11.5 Å². The Bertz CT molecular complexity index is 1400. The molecule has 0 saturated heterocycles. The van der Waals surface area contributed by atoms with Crippen LogP contribution in [0.4, 0.5) is 0 Å². The smallest absolute Gasteiger partial charge is 0.333 e. The number of nitrogens with zero attached hydrogens (tertiary/aromatic N) is 5. The number of ketones is 1. The van der Waals surface area contributed by atoms with Crippen molar-refractivity contribution in [2.24, 2.45) is 7.05 Å². The topological polar surface area (TPSA) is 92.5 Å². The molecule has 0 saturated carbocycles. The van der Waals surface area contributed by atoms with Gasteiger partial charge in [0.2, 0.25) is 5.78 Å². The van der Waals surface area contributed by atoms with Crippen molar-refractivity contribution >= 4 is 22.7 Å². The first kappa shape index (κ1) is 19.7. The number of carbonyl (C=O) groups is 1. The van der Waals surface area contributed by atoms with E-state index in [2.05, 4.69) is 4.98 Å². The van der Waals surface area contributed by atoms with Crippen LogP contribution in [0.1, 0.15) is 32.5 Å². The molecule has 0 fully saturated rings. The maximum Gasteiger partial charge on any atom is 0.333 e. The van der Waals surface area contributed by atoms with Crippen molar-refractivity contribution in [2.45, 2.75) is 33.7 Å². The second-order valence-corrected chi connectivity index (χ2v) is 7.29. The van der Waals surface area contributed by atoms with Gasteiger partial charge in [0.15, 0.2) is 16.9 Å². The molecule has 1 aromatic carbocycles. The Kier molecular flexibility index (Phi) is 4.60. The van der Waals surface area contributed by atoms with E-state index in [0.717, 1.165) is 21.7 Å². The molecule has 9 nitrogen and oxygen atoms in total. The van der Waals surface area contributed by atoms with Gasteiger partial charge in [0.25, 0.3) is 5.56 Å². The van der Waals surface area contributed by atoms with Crippen molar-refractivity contribution in [3.63, 3.8) is 0 Å². The van der Waals surface area contributed by atoms with E-state index in [4.69, 9.17) is 4.74 Å². The molecule has 0 spiro atoms. The number of rotatable bonds is 5. The number of Topliss-reactive ketones (excluding diaryl/α,β-unsaturated/α-hetero) is 1. The SMILES string of the molecule is CCOc1ccc(-n2c(C)cn3c4c(=O)n(C(C)C(C)=O)c(=O)n(C)c4nc23)cc1. The van der Waals surface area contributed by atoms with Crippen molar-refractivity contribution in [2.75, 3.05) is 6.61 Å². The van der Waals surface area contributed by atoms with Crippen LogP contribution >= 0.6 is 0 Å². The summed E-state index contributed by atoms with van der Waals surface area (Å²) in [5, 5.41) is 0. The van der Waals surface area contributed by atoms with Gasteiger partial charge < -0.3 is 4.74 Å². The molecule has 1 atom stereocenters. The lowest BCUT2D eigenvalue weighted by Gasteiger charge is -2.12. The Morgan fingerprint density at radius 2 is 1.87 bits per heavy atom. The van der Waals surface area contributed by atoms with Gasteiger partial charge in [0.05, 0.1) is 12.6 Å². The fourth-order valence-electron chi connectivity index (χ4n) is 3.68. The van der Waals surface area contributed by atoms with E-state index < -0.39 is 17.3 Å². The zero-order valence-electron chi connectivity index (χ0n) is 17.5. The average molecular weight is 409 g/mol. The molecule has 0 bridgehead atoms. The first-order valence-corrected chi connectivity index (χ1v) is 9.71. The van der Waals surface area contributed by atoms with E-state index >= 15 is 0 Å². The quantitative estimate of drug-likeness (QED) is 0.503. The minimum Gasteiger partial charge on any atom is -0.494 e. The minimum absolute atomic E-state index is 0.257. The highest BCUT2D eigenvalue weighted by Gasteiger charge is 2.24. The second kappa shape index (κ2) is 7.01. The monoisotopic (exact) mass is 409 g/mol. The lowest BCUT2D eigenvalue weighted by molar-refractivity contribution is -0.119. The van der Waals surface area contributed by atoms with Crippen LogP contribution in [-0.4, -0.2) is 35.5 Å². The lowest BCUT2D eigenvalue weighted by atomic mass is 10.2. The first-order valence-electron chi connectivity index (χ1n) is 9.71. The van der Waals surface area contributed by atoms with E-state index in [-0.39, 0.29) is 16.9 Å². The third-order valence-electron chi connectivity index (χ3n) is 5.36. The lowest BCUT2D eigenvalue weighted by Crippen LogP contribution is -2.42. The van der Waals surface area contributed by atoms with Crippen molar-refractivity contribution in [1.82, 2.24) is 23.1 Å². The minimum atomic E-state index is -0.861. The molecule has 0 N–H and O–H groups in total. The summed E-state index contributed by atoms with van der Waals surface area (Å²) in [6, 6.07) is 6.70. The summed E-state index contributed by atoms with van der Waals surface area (Å²) < 4.78 is 11.4. The van der Waals surface area contributed by atoms with Crippen LogP contribution in [0.25, 0.3) is 22.6 Å². The van der Waals surface area contributed by atoms with E-state index in [0.29, 0.717) is 12.4 Å². The molecule has 1 unspecified atom stereocenters. The van der Waals surface area contributed by atoms with Gasteiger partial charge in [-0.2, -0.15) is 4.98 Å². The van der Waals surface area contributed by atoms with Crippen LogP contribution in [0.15, 0.2) is 40.1 Å². The summed E-state index contributed by atoms with van der Waals surface area (Å²) in [5.74, 6) is 1.00. The molecule has 156 valence electrons. The van der Waals surface area contributed by atoms with Gasteiger partial charge in [-0.05, 0) is 52.0 Å². The van der Waals surface area contributed by atoms with Crippen molar-refractivity contribution in [3.05, 3.63) is 57.0 Å². The third kappa shape index (κ3) is 2.77. The summed E-state index contributed by atoms with van der Waals surface area (Å²) in [5.41, 5.74) is 1.14. The average Bonchev–Trinajstić information content (AvgIpc) is 3.22. The van der Waals surface area contributed by atoms with Crippen LogP contribution in [0.2, 0.25) is 0 Å². The summed E-state index contributed by atoms with van der Waals surface area (Å²) in [4.78, 5) is 42.4. The van der Waals surface area contributed by atoms with Gasteiger partial charge >= 0.3 is 5.69 Å². The standard InChI is InChI=1S/C21H23N5O4/c1-6-30-16-9-7-15(8-10-16)25-12(2)11-24-17-18(22-20(24)25)23(5)21(29)26(19(17)28)13(3)14(4)27/h7-11,13H,6H2,1-5H3. The molecule has 4 rings (SSSR count). The highest BCUT2D eigenvalue weighted by atomic mass is 16.5. The van der Waals surface area contributed by atoms with Crippen molar-refractivity contribution in [1.29, 1.82) is 0 Å². The number of ether oxygens (including phenoxy) is 1. The number of benzene rings is 1. The molecule has 0 aliphatic heterocycles. The molecule has 0 aliphatic carbocycles. The number of aromatic nitrogens is 5. The Balaban J connectivity index is 2.03. The number of carbonyl (C=O) groups excluding carboxylic acids is 1. The van der Waals surface area contributed by atoms with Gasteiger partial charge in [-0.25, -0.2) is 9.36 Å². The van der Waals surface area contributed by atoms with Gasteiger partial charge in [-0.1, -0.05) is 0 Å². The molecule has 4 aromatic rings. The van der Waals surface area contributed by atoms with E-state index in [1.54, 1.807) is 24.6 Å². The maximum absolute atomic E-state index is 13.2. The molecule has 0 radical (unpaired) electrons. The Labute approximate surface area is 171 Å². The zero-order chi connectivity index (χ0) is 21.7. The highest BCUT2D eigenvalue weighted by Crippen LogP contribution is 2.23. The van der Waals surface area contributed by atoms with Crippen LogP contribution in [0.3, 0.4) is 0 Å². The van der Waals surface area contributed by atoms with Crippen LogP contribution < -0.4 is 16.0 Å². The number of imidazole rings is 2. The molecular formula is C21H23N5O4. The Hall–Kier alpha value is -3.62. The predicted molar refractivity (Wildman–Crippen MR) is 113 cm³/mol. The van der Waals surface area contributed by atoms with Gasteiger partial charge in [-0.15, -0.1) is 0 Å². The normalized spacial score (nSPS) is 12.6. The van der Waals surface area contributed by atoms with Crippen molar-refractivity contribution in [3.8, 4) is 11.4 Å². The molecule has 9 heteroatoms. The van der Waals surface area contributed by atoms with Gasteiger partial charge in [-0.3, -0.25) is 23.1 Å². The first-order chi connectivity index (χ1) is 14.3. The van der Waals surface area contributed by atoms with Crippen LogP contribution in [0, 0.1) is 6.92 Å². The second-order valence-electron chi connectivity index (χ2n) is 7.29. The van der Waals surface area contributed by atoms with Gasteiger partial charge in [0, 0.05) is 24.6 Å². The predicted octanol–water partition coefficient (Wildman–Crippen LogP) is 2.00. The molecule has 0 amide bonds. The molecular weight excluding hydrogens is 386 g/mol. The van der Waals surface area contributed by atoms with Crippen LogP contribution in [-0.2, 0) is 11.8 Å². The van der Waals surface area contributed by atoms with Crippen LogP contribution in [0.5, 0.6) is 5.75 Å². The molecule has 3 aromatic heterocycles.